The molecule has 0 saturated carbocycles. The number of rotatable bonds is 5. The number of anilines is 1. The number of aromatic nitrogens is 4. The zero-order valence-electron chi connectivity index (χ0n) is 20.0. The average Bonchev–Trinajstić information content (AvgIpc) is 3.51. The van der Waals surface area contributed by atoms with Crippen LogP contribution in [0.3, 0.4) is 0 Å². The van der Waals surface area contributed by atoms with Crippen LogP contribution in [0.5, 0.6) is 0 Å². The van der Waals surface area contributed by atoms with Crippen molar-refractivity contribution >= 4 is 44.2 Å². The Labute approximate surface area is 217 Å². The first kappa shape index (κ1) is 22.8. The third kappa shape index (κ3) is 4.26. The molecule has 182 valence electrons. The molecule has 5 aromatic rings. The van der Waals surface area contributed by atoms with E-state index in [2.05, 4.69) is 56.5 Å². The zero-order valence-corrected chi connectivity index (χ0v) is 21.6. The number of carbonyl (C=O) groups is 1. The summed E-state index contributed by atoms with van der Waals surface area (Å²) in [5.74, 6) is 1.47. The Morgan fingerprint density at radius 3 is 2.69 bits per heavy atom. The van der Waals surface area contributed by atoms with Crippen molar-refractivity contribution in [1.82, 2.24) is 24.5 Å². The molecule has 1 aliphatic rings. The lowest BCUT2D eigenvalue weighted by molar-refractivity contribution is 0.0690. The summed E-state index contributed by atoms with van der Waals surface area (Å²) in [5, 5.41) is 9.21. The topological polar surface area (TPSA) is 78.3 Å². The van der Waals surface area contributed by atoms with Gasteiger partial charge in [-0.25, -0.2) is 4.98 Å². The van der Waals surface area contributed by atoms with E-state index < -0.39 is 0 Å². The lowest BCUT2D eigenvalue weighted by Crippen LogP contribution is -2.40. The van der Waals surface area contributed by atoms with Crippen molar-refractivity contribution in [3.63, 3.8) is 0 Å². The third-order valence-electron chi connectivity index (χ3n) is 7.08. The van der Waals surface area contributed by atoms with Gasteiger partial charge in [0, 0.05) is 42.2 Å². The number of benzene rings is 2. The first-order valence-electron chi connectivity index (χ1n) is 12.3. The van der Waals surface area contributed by atoms with Crippen LogP contribution >= 0.6 is 15.9 Å². The molecule has 2 aromatic carbocycles. The van der Waals surface area contributed by atoms with Crippen LogP contribution in [-0.4, -0.2) is 50.0 Å². The number of hydrogen-bond acceptors (Lipinski definition) is 4. The van der Waals surface area contributed by atoms with Gasteiger partial charge in [-0.1, -0.05) is 42.5 Å². The van der Waals surface area contributed by atoms with Crippen LogP contribution in [0.1, 0.15) is 28.9 Å². The van der Waals surface area contributed by atoms with E-state index >= 15 is 0 Å². The van der Waals surface area contributed by atoms with Gasteiger partial charge in [0.25, 0.3) is 5.91 Å². The number of para-hydroxylation sites is 1. The van der Waals surface area contributed by atoms with Gasteiger partial charge in [0.05, 0.1) is 16.4 Å². The molecule has 36 heavy (non-hydrogen) atoms. The molecule has 0 bridgehead atoms. The monoisotopic (exact) mass is 542 g/mol. The van der Waals surface area contributed by atoms with E-state index in [1.54, 1.807) is 6.20 Å². The van der Waals surface area contributed by atoms with Gasteiger partial charge in [0.2, 0.25) is 0 Å². The largest absolute Gasteiger partial charge is 0.370 e. The van der Waals surface area contributed by atoms with Gasteiger partial charge in [-0.3, -0.25) is 4.79 Å². The third-order valence-corrected chi connectivity index (χ3v) is 7.64. The second-order valence-corrected chi connectivity index (χ2v) is 10.3. The summed E-state index contributed by atoms with van der Waals surface area (Å²) in [6.07, 6.45) is 3.70. The van der Waals surface area contributed by atoms with Crippen LogP contribution in [0.2, 0.25) is 0 Å². The molecule has 2 N–H and O–H groups in total. The fourth-order valence-electron chi connectivity index (χ4n) is 5.01. The second-order valence-electron chi connectivity index (χ2n) is 9.46. The highest BCUT2D eigenvalue weighted by Gasteiger charge is 2.25. The van der Waals surface area contributed by atoms with Crippen LogP contribution in [0, 0.1) is 12.8 Å². The lowest BCUT2D eigenvalue weighted by atomic mass is 9.96. The molecule has 8 heteroatoms. The van der Waals surface area contributed by atoms with E-state index in [1.165, 1.54) is 5.56 Å². The summed E-state index contributed by atoms with van der Waals surface area (Å²) in [6.45, 7) is 4.44. The average molecular weight is 543 g/mol. The van der Waals surface area contributed by atoms with Gasteiger partial charge >= 0.3 is 0 Å². The summed E-state index contributed by atoms with van der Waals surface area (Å²) in [7, 11) is 0. The number of amides is 1. The number of halogens is 1. The molecule has 0 unspecified atom stereocenters. The molecule has 7 nitrogen and oxygen atoms in total. The molecule has 1 saturated heterocycles. The maximum Gasteiger partial charge on any atom is 0.270 e. The normalized spacial score (nSPS) is 14.6. The van der Waals surface area contributed by atoms with Crippen molar-refractivity contribution in [3.8, 4) is 11.3 Å². The maximum absolute atomic E-state index is 13.1. The molecular formula is C28H27BrN6O. The van der Waals surface area contributed by atoms with E-state index in [0.29, 0.717) is 11.6 Å². The first-order chi connectivity index (χ1) is 17.6. The molecule has 0 spiro atoms. The Balaban J connectivity index is 1.14. The van der Waals surface area contributed by atoms with Gasteiger partial charge in [-0.05, 0) is 59.3 Å². The van der Waals surface area contributed by atoms with Gasteiger partial charge < -0.3 is 15.2 Å². The highest BCUT2D eigenvalue weighted by atomic mass is 79.9. The number of aromatic amines is 1. The van der Waals surface area contributed by atoms with Crippen molar-refractivity contribution in [3.05, 3.63) is 82.6 Å². The molecule has 1 amide bonds. The number of hydrogen-bond donors (Lipinski definition) is 2. The standard InChI is InChI=1S/C28H27BrN6O/c1-18-6-2-4-8-21(18)24-15-26(35-27(33-24)22(29)17-31-35)30-16-19-10-12-34(13-11-19)28(36)25-14-20-7-3-5-9-23(20)32-25/h2-9,14-15,17,19,30,32H,10-13,16H2,1H3. The number of H-pyrrole nitrogens is 1. The van der Waals surface area contributed by atoms with Gasteiger partial charge in [-0.2, -0.15) is 9.61 Å². The second kappa shape index (κ2) is 9.43. The molecular weight excluding hydrogens is 516 g/mol. The maximum atomic E-state index is 13.1. The predicted molar refractivity (Wildman–Crippen MR) is 146 cm³/mol. The van der Waals surface area contributed by atoms with Crippen molar-refractivity contribution in [2.45, 2.75) is 19.8 Å². The Morgan fingerprint density at radius 1 is 1.11 bits per heavy atom. The van der Waals surface area contributed by atoms with Crippen molar-refractivity contribution in [2.75, 3.05) is 25.0 Å². The van der Waals surface area contributed by atoms with E-state index in [0.717, 1.165) is 70.6 Å². The fraction of sp³-hybridized carbons (Fsp3) is 0.250. The van der Waals surface area contributed by atoms with Gasteiger partial charge in [0.1, 0.15) is 11.5 Å². The van der Waals surface area contributed by atoms with Crippen LogP contribution in [0.25, 0.3) is 27.8 Å². The lowest BCUT2D eigenvalue weighted by Gasteiger charge is -2.32. The quantitative estimate of drug-likeness (QED) is 0.289. The molecule has 4 heterocycles. The van der Waals surface area contributed by atoms with Gasteiger partial charge in [0.15, 0.2) is 5.65 Å². The summed E-state index contributed by atoms with van der Waals surface area (Å²) >= 11 is 3.59. The number of nitrogens with zero attached hydrogens (tertiary/aromatic N) is 4. The molecule has 0 aliphatic carbocycles. The molecule has 0 atom stereocenters. The van der Waals surface area contributed by atoms with Crippen molar-refractivity contribution in [2.24, 2.45) is 5.92 Å². The summed E-state index contributed by atoms with van der Waals surface area (Å²) in [6, 6.07) is 20.3. The van der Waals surface area contributed by atoms with E-state index in [4.69, 9.17) is 4.98 Å². The van der Waals surface area contributed by atoms with Crippen molar-refractivity contribution < 1.29 is 4.79 Å². The summed E-state index contributed by atoms with van der Waals surface area (Å²) in [4.78, 5) is 23.2. The Morgan fingerprint density at radius 2 is 1.89 bits per heavy atom. The van der Waals surface area contributed by atoms with Crippen molar-refractivity contribution in [1.29, 1.82) is 0 Å². The van der Waals surface area contributed by atoms with E-state index in [1.807, 2.05) is 51.9 Å². The minimum absolute atomic E-state index is 0.0812. The predicted octanol–water partition coefficient (Wildman–Crippen LogP) is 5.91. The molecule has 6 rings (SSSR count). The van der Waals surface area contributed by atoms with Gasteiger partial charge in [-0.15, -0.1) is 0 Å². The van der Waals surface area contributed by atoms with Crippen LogP contribution in [0.15, 0.2) is 71.3 Å². The number of aryl methyl sites for hydroxylation is 1. The minimum Gasteiger partial charge on any atom is -0.370 e. The Kier molecular flexibility index (Phi) is 5.97. The Hall–Kier alpha value is -3.65. The summed E-state index contributed by atoms with van der Waals surface area (Å²) in [5.41, 5.74) is 5.67. The molecule has 3 aromatic heterocycles. The highest BCUT2D eigenvalue weighted by Crippen LogP contribution is 2.28. The summed E-state index contributed by atoms with van der Waals surface area (Å²) < 4.78 is 2.71. The number of fused-ring (bicyclic) bond motifs is 2. The van der Waals surface area contributed by atoms with Crippen LogP contribution in [-0.2, 0) is 0 Å². The highest BCUT2D eigenvalue weighted by molar-refractivity contribution is 9.10. The fourth-order valence-corrected chi connectivity index (χ4v) is 5.36. The van der Waals surface area contributed by atoms with Crippen LogP contribution < -0.4 is 5.32 Å². The van der Waals surface area contributed by atoms with Crippen LogP contribution in [0.4, 0.5) is 5.82 Å². The Bertz CT molecular complexity index is 1530. The molecule has 1 aliphatic heterocycles. The van der Waals surface area contributed by atoms with E-state index in [-0.39, 0.29) is 5.91 Å². The van der Waals surface area contributed by atoms with E-state index in [9.17, 15) is 4.79 Å². The molecule has 1 fully saturated rings. The number of likely N-dealkylation sites (tertiary alicyclic amines) is 1. The smallest absolute Gasteiger partial charge is 0.270 e. The number of nitrogens with one attached hydrogen (secondary N) is 2. The zero-order chi connectivity index (χ0) is 24.6. The SMILES string of the molecule is Cc1ccccc1-c1cc(NCC2CCN(C(=O)c3cc4ccccc4[nH]3)CC2)n2ncc(Br)c2n1. The first-order valence-corrected chi connectivity index (χ1v) is 13.1. The molecule has 0 radical (unpaired) electrons. The number of carbonyl (C=O) groups excluding carboxylic acids is 1. The number of piperidine rings is 1. The minimum atomic E-state index is 0.0812.